The first kappa shape index (κ1) is 27.6. The second-order valence-electron chi connectivity index (χ2n) is 8.89. The number of anilines is 1. The molecule has 40 heavy (non-hydrogen) atoms. The van der Waals surface area contributed by atoms with Gasteiger partial charge in [0.05, 0.1) is 30.9 Å². The van der Waals surface area contributed by atoms with Gasteiger partial charge in [-0.3, -0.25) is 24.3 Å². The van der Waals surface area contributed by atoms with Gasteiger partial charge in [0.1, 0.15) is 18.7 Å². The van der Waals surface area contributed by atoms with Crippen molar-refractivity contribution >= 4 is 47.3 Å². The molecule has 0 radical (unpaired) electrons. The van der Waals surface area contributed by atoms with Crippen LogP contribution in [0, 0.1) is 6.92 Å². The largest absolute Gasteiger partial charge is 0.478 e. The number of carbonyl (C=O) groups excluding carboxylic acids is 2. The van der Waals surface area contributed by atoms with Gasteiger partial charge in [-0.05, 0) is 65.7 Å². The van der Waals surface area contributed by atoms with Gasteiger partial charge in [0.25, 0.3) is 11.1 Å². The van der Waals surface area contributed by atoms with Crippen LogP contribution in [0.15, 0.2) is 52.1 Å². The third-order valence-electron chi connectivity index (χ3n) is 6.39. The quantitative estimate of drug-likeness (QED) is 0.266. The molecule has 0 saturated heterocycles. The first-order valence-corrected chi connectivity index (χ1v) is 11.9. The molecule has 2 heterocycles. The zero-order valence-corrected chi connectivity index (χ0v) is 21.9. The lowest BCUT2D eigenvalue weighted by atomic mass is 10.1. The third kappa shape index (κ3) is 5.41. The number of H-pyrrole nitrogens is 2. The van der Waals surface area contributed by atoms with E-state index >= 15 is 0 Å². The van der Waals surface area contributed by atoms with E-state index in [-0.39, 0.29) is 40.1 Å². The number of hydrogen-bond donors (Lipinski definition) is 3. The maximum Gasteiger partial charge on any atom is 0.335 e. The van der Waals surface area contributed by atoms with Crippen molar-refractivity contribution in [2.24, 2.45) is 0 Å². The Labute approximate surface area is 226 Å². The highest BCUT2D eigenvalue weighted by molar-refractivity contribution is 5.87. The van der Waals surface area contributed by atoms with Gasteiger partial charge in [-0.15, -0.1) is 0 Å². The van der Waals surface area contributed by atoms with Gasteiger partial charge < -0.3 is 24.5 Å². The Morgan fingerprint density at radius 2 is 1.65 bits per heavy atom. The van der Waals surface area contributed by atoms with Gasteiger partial charge in [0.15, 0.2) is 0 Å². The Bertz CT molecular complexity index is 1850. The molecule has 3 N–H and O–H groups in total. The fourth-order valence-corrected chi connectivity index (χ4v) is 4.20. The van der Waals surface area contributed by atoms with Crippen molar-refractivity contribution in [3.8, 4) is 5.69 Å². The molecule has 0 saturated carbocycles. The highest BCUT2D eigenvalue weighted by atomic mass is 16.5. The number of ether oxygens (including phenoxy) is 2. The number of carbonyl (C=O) groups is 3. The number of fused-ring (bicyclic) bond motifs is 1. The lowest BCUT2D eigenvalue weighted by Crippen LogP contribution is -2.41. The average molecular weight is 547 g/mol. The Morgan fingerprint density at radius 1 is 1.02 bits per heavy atom. The van der Waals surface area contributed by atoms with Crippen molar-refractivity contribution in [1.82, 2.24) is 14.8 Å². The molecule has 206 valence electrons. The van der Waals surface area contributed by atoms with E-state index in [0.717, 1.165) is 5.56 Å². The van der Waals surface area contributed by atoms with E-state index in [1.54, 1.807) is 31.2 Å². The molecule has 2 aromatic heterocycles. The van der Waals surface area contributed by atoms with Gasteiger partial charge in [0, 0.05) is 10.9 Å². The fourth-order valence-electron chi connectivity index (χ4n) is 4.20. The van der Waals surface area contributed by atoms with Crippen molar-refractivity contribution in [3.05, 3.63) is 90.3 Å². The zero-order valence-electron chi connectivity index (χ0n) is 21.9. The molecule has 12 heteroatoms. The number of methoxy groups -OCH3 is 2. The Kier molecular flexibility index (Phi) is 7.71. The number of nitrogens with one attached hydrogen (secondary N) is 2. The molecule has 0 aliphatic carbocycles. The summed E-state index contributed by atoms with van der Waals surface area (Å²) < 4.78 is 10.7. The zero-order chi connectivity index (χ0) is 29.1. The maximum atomic E-state index is 13.3. The lowest BCUT2D eigenvalue weighted by Gasteiger charge is -2.23. The van der Waals surface area contributed by atoms with Gasteiger partial charge in [-0.2, -0.15) is 0 Å². The number of aryl methyl sites for hydroxylation is 1. The summed E-state index contributed by atoms with van der Waals surface area (Å²) in [6.45, 7) is 5.44. The number of carboxylic acids is 1. The number of carboxylic acid groups (broad SMARTS) is 1. The predicted octanol–water partition coefficient (Wildman–Crippen LogP) is 0.405. The summed E-state index contributed by atoms with van der Waals surface area (Å²) >= 11 is 0. The molecule has 0 aliphatic rings. The van der Waals surface area contributed by atoms with E-state index in [4.69, 9.17) is 14.6 Å². The summed E-state index contributed by atoms with van der Waals surface area (Å²) in [4.78, 5) is 65.3. The molecule has 0 atom stereocenters. The highest BCUT2D eigenvalue weighted by Gasteiger charge is 2.17. The number of rotatable bonds is 8. The van der Waals surface area contributed by atoms with Crippen LogP contribution in [0.5, 0.6) is 0 Å². The van der Waals surface area contributed by atoms with Crippen molar-refractivity contribution in [2.45, 2.75) is 6.92 Å². The third-order valence-corrected chi connectivity index (χ3v) is 6.39. The molecule has 4 aromatic rings. The topological polar surface area (TPSA) is 164 Å². The first-order chi connectivity index (χ1) is 19.0. The predicted molar refractivity (Wildman–Crippen MR) is 147 cm³/mol. The van der Waals surface area contributed by atoms with E-state index in [1.807, 2.05) is 0 Å². The number of pyridine rings is 1. The van der Waals surface area contributed by atoms with Crippen molar-refractivity contribution in [2.75, 3.05) is 32.2 Å². The van der Waals surface area contributed by atoms with E-state index in [0.29, 0.717) is 16.9 Å². The summed E-state index contributed by atoms with van der Waals surface area (Å²) in [6.07, 6.45) is 1.60. The van der Waals surface area contributed by atoms with Crippen LogP contribution in [0.1, 0.15) is 21.5 Å². The number of nitrogens with zero attached hydrogens (tertiary/aromatic N) is 2. The van der Waals surface area contributed by atoms with Crippen molar-refractivity contribution in [3.63, 3.8) is 0 Å². The standard InChI is InChI=1S/C28H26N4O8/c1-15-11-20(31(13-22(33)39-3)14-23(34)40-4)10-7-18(15)12-21-16(2)24-25(29-26(21)35)30-32(27(24)36)19-8-5-17(6-9-19)28(37)38/h5-12,30H,2,13-14H2,1,3-4H3,(H,29,35)(H,37,38). The van der Waals surface area contributed by atoms with Crippen LogP contribution in [0.4, 0.5) is 5.69 Å². The van der Waals surface area contributed by atoms with Crippen LogP contribution in [-0.4, -0.2) is 65.1 Å². The summed E-state index contributed by atoms with van der Waals surface area (Å²) in [5, 5.41) is 12.5. The van der Waals surface area contributed by atoms with Gasteiger partial charge in [-0.1, -0.05) is 12.6 Å². The van der Waals surface area contributed by atoms with Crippen LogP contribution in [0.2, 0.25) is 0 Å². The summed E-state index contributed by atoms with van der Waals surface area (Å²) in [5.41, 5.74) is 1.61. The van der Waals surface area contributed by atoms with Gasteiger partial charge >= 0.3 is 17.9 Å². The minimum absolute atomic E-state index is 0.0659. The number of aromatic carboxylic acids is 1. The van der Waals surface area contributed by atoms with Crippen LogP contribution < -0.4 is 26.5 Å². The highest BCUT2D eigenvalue weighted by Crippen LogP contribution is 2.20. The average Bonchev–Trinajstić information content (AvgIpc) is 3.26. The van der Waals surface area contributed by atoms with Gasteiger partial charge in [0.2, 0.25) is 0 Å². The summed E-state index contributed by atoms with van der Waals surface area (Å²) in [6, 6.07) is 10.8. The fraction of sp³-hybridized carbons (Fsp3) is 0.179. The van der Waals surface area contributed by atoms with Crippen molar-refractivity contribution in [1.29, 1.82) is 0 Å². The van der Waals surface area contributed by atoms with E-state index in [2.05, 4.69) is 16.7 Å². The number of aromatic nitrogens is 3. The Morgan fingerprint density at radius 3 is 2.20 bits per heavy atom. The number of benzene rings is 2. The molecule has 0 aliphatic heterocycles. The molecule has 12 nitrogen and oxygen atoms in total. The molecule has 0 bridgehead atoms. The van der Waals surface area contributed by atoms with E-state index in [9.17, 15) is 24.0 Å². The number of hydrogen-bond acceptors (Lipinski definition) is 8. The molecular weight excluding hydrogens is 520 g/mol. The maximum absolute atomic E-state index is 13.3. The van der Waals surface area contributed by atoms with Crippen LogP contribution >= 0.6 is 0 Å². The van der Waals surface area contributed by atoms with Crippen molar-refractivity contribution < 1.29 is 29.0 Å². The smallest absolute Gasteiger partial charge is 0.335 e. The van der Waals surface area contributed by atoms with Crippen LogP contribution in [0.3, 0.4) is 0 Å². The number of esters is 2. The molecule has 0 fully saturated rings. The van der Waals surface area contributed by atoms with Crippen LogP contribution in [0.25, 0.3) is 29.4 Å². The van der Waals surface area contributed by atoms with Gasteiger partial charge in [-0.25, -0.2) is 9.48 Å². The minimum Gasteiger partial charge on any atom is -0.478 e. The Balaban J connectivity index is 1.78. The molecule has 0 amide bonds. The minimum atomic E-state index is -1.09. The van der Waals surface area contributed by atoms with Crippen LogP contribution in [-0.2, 0) is 19.1 Å². The lowest BCUT2D eigenvalue weighted by molar-refractivity contribution is -0.140. The first-order valence-electron chi connectivity index (χ1n) is 11.9. The summed E-state index contributed by atoms with van der Waals surface area (Å²) in [7, 11) is 2.50. The SMILES string of the molecule is C=c1c(=Cc2ccc(N(CC(=O)OC)CC(=O)OC)cc2C)c(=O)[nH]c2[nH]n(-c3ccc(C(=O)O)cc3)c(=O)c12. The second-order valence-corrected chi connectivity index (χ2v) is 8.89. The monoisotopic (exact) mass is 546 g/mol. The van der Waals surface area contributed by atoms with E-state index < -0.39 is 29.0 Å². The number of aromatic amines is 2. The Hall–Kier alpha value is -5.39. The molecule has 4 rings (SSSR count). The van der Waals surface area contributed by atoms with E-state index in [1.165, 1.54) is 48.1 Å². The molecule has 2 aromatic carbocycles. The second kappa shape index (κ2) is 11.2. The molecular formula is C28H26N4O8. The molecule has 0 unspecified atom stereocenters. The molecule has 0 spiro atoms. The summed E-state index contributed by atoms with van der Waals surface area (Å²) in [5.74, 6) is -2.16. The normalized spacial score (nSPS) is 11.4.